The summed E-state index contributed by atoms with van der Waals surface area (Å²) in [4.78, 5) is 1.92. The van der Waals surface area contributed by atoms with Gasteiger partial charge in [0, 0.05) is 18.3 Å². The van der Waals surface area contributed by atoms with Gasteiger partial charge in [-0.25, -0.2) is 0 Å². The lowest BCUT2D eigenvalue weighted by Gasteiger charge is -2.38. The lowest BCUT2D eigenvalue weighted by atomic mass is 10.0. The monoisotopic (exact) mass is 370 g/mol. The van der Waals surface area contributed by atoms with Gasteiger partial charge in [0.15, 0.2) is 5.84 Å². The van der Waals surface area contributed by atoms with Crippen LogP contribution < -0.4 is 4.74 Å². The van der Waals surface area contributed by atoms with Gasteiger partial charge in [-0.05, 0) is 54.1 Å². The van der Waals surface area contributed by atoms with E-state index in [1.54, 1.807) is 24.3 Å². The van der Waals surface area contributed by atoms with E-state index < -0.39 is 10.8 Å². The lowest BCUT2D eigenvalue weighted by Crippen LogP contribution is -2.36. The topological polar surface area (TPSA) is 85.5 Å². The molecule has 7 heteroatoms. The Kier molecular flexibility index (Phi) is 4.20. The van der Waals surface area contributed by atoms with Gasteiger partial charge in [0.05, 0.1) is 5.75 Å². The molecule has 0 saturated heterocycles. The quantitative estimate of drug-likeness (QED) is 0.742. The van der Waals surface area contributed by atoms with Gasteiger partial charge in [-0.1, -0.05) is 22.9 Å². The van der Waals surface area contributed by atoms with Crippen LogP contribution in [0.4, 0.5) is 0 Å². The van der Waals surface area contributed by atoms with Gasteiger partial charge in [-0.15, -0.1) is 4.40 Å². The maximum atomic E-state index is 9.94. The summed E-state index contributed by atoms with van der Waals surface area (Å²) in [7, 11) is -2.92. The van der Waals surface area contributed by atoms with Crippen LogP contribution in [0.15, 0.2) is 71.3 Å². The molecule has 0 bridgehead atoms. The fraction of sp³-hybridized carbons (Fsp3) is 0.105. The van der Waals surface area contributed by atoms with Crippen LogP contribution in [0.5, 0.6) is 17.2 Å². The van der Waals surface area contributed by atoms with Crippen molar-refractivity contribution < 1.29 is 18.9 Å². The minimum atomic E-state index is -2.92. The summed E-state index contributed by atoms with van der Waals surface area (Å²) in [6.07, 6.45) is 5.72. The minimum absolute atomic E-state index is 0.189. The van der Waals surface area contributed by atoms with E-state index in [1.807, 2.05) is 47.5 Å². The summed E-state index contributed by atoms with van der Waals surface area (Å²) in [6, 6.07) is 14.0. The maximum Gasteiger partial charge on any atom is 0.160 e. The molecule has 0 unspecified atom stereocenters. The van der Waals surface area contributed by atoms with Crippen molar-refractivity contribution in [3.63, 3.8) is 0 Å². The molecule has 0 aliphatic carbocycles. The average Bonchev–Trinajstić information content (AvgIpc) is 2.63. The Bertz CT molecular complexity index is 902. The van der Waals surface area contributed by atoms with Crippen molar-refractivity contribution in [3.8, 4) is 17.2 Å². The van der Waals surface area contributed by atoms with Gasteiger partial charge in [-0.3, -0.25) is 9.11 Å². The second-order valence-electron chi connectivity index (χ2n) is 5.99. The van der Waals surface area contributed by atoms with Crippen molar-refractivity contribution in [2.24, 2.45) is 4.40 Å². The van der Waals surface area contributed by atoms with E-state index >= 15 is 0 Å². The maximum absolute atomic E-state index is 9.94. The van der Waals surface area contributed by atoms with Gasteiger partial charge in [0.1, 0.15) is 17.2 Å². The molecule has 0 saturated carbocycles. The Balaban J connectivity index is 1.58. The van der Waals surface area contributed by atoms with Crippen LogP contribution >= 0.6 is 10.8 Å². The highest BCUT2D eigenvalue weighted by Gasteiger charge is 2.27. The number of allylic oxidation sites excluding steroid dienone is 2. The van der Waals surface area contributed by atoms with E-state index in [9.17, 15) is 14.2 Å². The molecule has 2 aliphatic rings. The Labute approximate surface area is 152 Å². The Morgan fingerprint density at radius 1 is 0.962 bits per heavy atom. The molecule has 6 nitrogen and oxygen atoms in total. The largest absolute Gasteiger partial charge is 0.508 e. The Hall–Kier alpha value is -2.74. The zero-order valence-electron chi connectivity index (χ0n) is 13.8. The standard InChI is InChI=1S/C19H18N2O4S/c22-15-5-9-17(10-6-15)25-16-7-3-14(4-8-16)18-2-1-11-21-12-13-26(23,24)20-19(18)21/h1-11,22-24H,12-13H2. The van der Waals surface area contributed by atoms with Crippen molar-refractivity contribution in [3.05, 3.63) is 72.4 Å². The van der Waals surface area contributed by atoms with Crippen LogP contribution in [0.2, 0.25) is 0 Å². The third kappa shape index (κ3) is 3.45. The number of benzene rings is 2. The number of phenols is 1. The summed E-state index contributed by atoms with van der Waals surface area (Å²) in [5.41, 5.74) is 1.75. The molecule has 0 aromatic heterocycles. The number of nitrogens with zero attached hydrogens (tertiary/aromatic N) is 2. The molecule has 2 aromatic carbocycles. The summed E-state index contributed by atoms with van der Waals surface area (Å²) < 4.78 is 29.8. The van der Waals surface area contributed by atoms with E-state index in [1.165, 1.54) is 0 Å². The third-order valence-corrected chi connectivity index (χ3v) is 5.31. The van der Waals surface area contributed by atoms with Crippen molar-refractivity contribution in [1.82, 2.24) is 4.90 Å². The number of hydrogen-bond acceptors (Lipinski definition) is 6. The van der Waals surface area contributed by atoms with Crippen LogP contribution in [-0.2, 0) is 0 Å². The van der Waals surface area contributed by atoms with Gasteiger partial charge in [0.25, 0.3) is 0 Å². The van der Waals surface area contributed by atoms with E-state index in [0.717, 1.165) is 11.1 Å². The first-order chi connectivity index (χ1) is 12.5. The van der Waals surface area contributed by atoms with Crippen molar-refractivity contribution in [1.29, 1.82) is 0 Å². The van der Waals surface area contributed by atoms with Crippen LogP contribution in [0, 0.1) is 0 Å². The van der Waals surface area contributed by atoms with Gasteiger partial charge >= 0.3 is 0 Å². The second-order valence-corrected chi connectivity index (χ2v) is 7.84. The minimum Gasteiger partial charge on any atom is -0.508 e. The van der Waals surface area contributed by atoms with Crippen molar-refractivity contribution in [2.75, 3.05) is 12.3 Å². The summed E-state index contributed by atoms with van der Waals surface area (Å²) in [6.45, 7) is 0.525. The SMILES string of the molecule is Oc1ccc(Oc2ccc(C3=CC=CN4CCS(O)(O)N=C34)cc2)cc1. The third-order valence-electron chi connectivity index (χ3n) is 4.12. The predicted octanol–water partition coefficient (Wildman–Crippen LogP) is 4.47. The molecule has 2 heterocycles. The average molecular weight is 370 g/mol. The van der Waals surface area contributed by atoms with E-state index in [4.69, 9.17) is 4.74 Å². The highest BCUT2D eigenvalue weighted by Crippen LogP contribution is 2.45. The molecular formula is C19H18N2O4S. The number of aromatic hydroxyl groups is 1. The zero-order chi connectivity index (χ0) is 18.1. The first-order valence-electron chi connectivity index (χ1n) is 8.09. The van der Waals surface area contributed by atoms with Gasteiger partial charge < -0.3 is 14.7 Å². The van der Waals surface area contributed by atoms with Crippen LogP contribution in [0.3, 0.4) is 0 Å². The fourth-order valence-electron chi connectivity index (χ4n) is 2.81. The molecule has 0 fully saturated rings. The van der Waals surface area contributed by atoms with E-state index in [0.29, 0.717) is 23.9 Å². The molecule has 0 radical (unpaired) electrons. The normalized spacial score (nSPS) is 19.2. The number of phenolic OH excluding ortho intramolecular Hbond substituents is 1. The molecular weight excluding hydrogens is 352 g/mol. The molecule has 2 aromatic rings. The fourth-order valence-corrected chi connectivity index (χ4v) is 3.82. The summed E-state index contributed by atoms with van der Waals surface area (Å²) in [5.74, 6) is 2.30. The number of ether oxygens (including phenoxy) is 1. The highest BCUT2D eigenvalue weighted by molar-refractivity contribution is 8.23. The van der Waals surface area contributed by atoms with Crippen molar-refractivity contribution >= 4 is 22.2 Å². The molecule has 0 amide bonds. The smallest absolute Gasteiger partial charge is 0.160 e. The number of hydrogen-bond donors (Lipinski definition) is 3. The van der Waals surface area contributed by atoms with E-state index in [-0.39, 0.29) is 11.5 Å². The van der Waals surface area contributed by atoms with Gasteiger partial charge in [0.2, 0.25) is 0 Å². The number of fused-ring (bicyclic) bond motifs is 1. The molecule has 3 N–H and O–H groups in total. The molecule has 2 aliphatic heterocycles. The van der Waals surface area contributed by atoms with Crippen LogP contribution in [0.1, 0.15) is 5.56 Å². The first kappa shape index (κ1) is 16.7. The Morgan fingerprint density at radius 3 is 2.31 bits per heavy atom. The first-order valence-corrected chi connectivity index (χ1v) is 9.76. The second kappa shape index (κ2) is 6.53. The Morgan fingerprint density at radius 2 is 1.62 bits per heavy atom. The lowest BCUT2D eigenvalue weighted by molar-refractivity contribution is 0.464. The van der Waals surface area contributed by atoms with Gasteiger partial charge in [-0.2, -0.15) is 0 Å². The van der Waals surface area contributed by atoms with Crippen molar-refractivity contribution in [2.45, 2.75) is 0 Å². The van der Waals surface area contributed by atoms with E-state index in [2.05, 4.69) is 4.40 Å². The molecule has 0 atom stereocenters. The highest BCUT2D eigenvalue weighted by atomic mass is 32.3. The summed E-state index contributed by atoms with van der Waals surface area (Å²) >= 11 is 0. The van der Waals surface area contributed by atoms with Crippen LogP contribution in [0.25, 0.3) is 5.57 Å². The molecule has 0 spiro atoms. The molecule has 4 rings (SSSR count). The number of rotatable bonds is 3. The van der Waals surface area contributed by atoms with Crippen LogP contribution in [-0.4, -0.2) is 37.2 Å². The zero-order valence-corrected chi connectivity index (χ0v) is 14.6. The molecule has 134 valence electrons. The summed E-state index contributed by atoms with van der Waals surface area (Å²) in [5, 5.41) is 9.32. The molecule has 26 heavy (non-hydrogen) atoms. The number of amidine groups is 1. The predicted molar refractivity (Wildman–Crippen MR) is 104 cm³/mol.